The van der Waals surface area contributed by atoms with Crippen LogP contribution >= 0.6 is 0 Å². The summed E-state index contributed by atoms with van der Waals surface area (Å²) in [5.41, 5.74) is 0. The summed E-state index contributed by atoms with van der Waals surface area (Å²) < 4.78 is 0. The summed E-state index contributed by atoms with van der Waals surface area (Å²) >= 11 is 0. The lowest BCUT2D eigenvalue weighted by Crippen LogP contribution is -2.50. The van der Waals surface area contributed by atoms with Crippen LogP contribution in [0.4, 0.5) is 0 Å². The minimum absolute atomic E-state index is 0.758. The van der Waals surface area contributed by atoms with E-state index in [4.69, 9.17) is 0 Å². The van der Waals surface area contributed by atoms with Gasteiger partial charge in [-0.2, -0.15) is 0 Å². The highest BCUT2D eigenvalue weighted by Crippen LogP contribution is 2.25. The molecule has 118 valence electrons. The maximum atomic E-state index is 3.93. The van der Waals surface area contributed by atoms with E-state index in [1.165, 1.54) is 84.0 Å². The third kappa shape index (κ3) is 5.37. The molecule has 1 N–H and O–H groups in total. The second kappa shape index (κ2) is 9.04. The number of rotatable bonds is 7. The van der Waals surface area contributed by atoms with Crippen LogP contribution in [-0.2, 0) is 0 Å². The topological polar surface area (TPSA) is 15.3 Å². The normalized spacial score (nSPS) is 29.7. The summed E-state index contributed by atoms with van der Waals surface area (Å²) in [4.78, 5) is 2.71. The Kier molecular flexibility index (Phi) is 7.37. The van der Waals surface area contributed by atoms with Gasteiger partial charge in [0.05, 0.1) is 0 Å². The van der Waals surface area contributed by atoms with Crippen molar-refractivity contribution in [3.05, 3.63) is 0 Å². The van der Waals surface area contributed by atoms with Crippen molar-refractivity contribution in [3.8, 4) is 0 Å². The highest BCUT2D eigenvalue weighted by atomic mass is 15.2. The fraction of sp³-hybridized carbons (Fsp3) is 1.00. The van der Waals surface area contributed by atoms with Crippen molar-refractivity contribution in [2.45, 2.75) is 77.7 Å². The van der Waals surface area contributed by atoms with E-state index >= 15 is 0 Å². The zero-order valence-electron chi connectivity index (χ0n) is 13.9. The average Bonchev–Trinajstić information content (AvgIpc) is 2.47. The van der Waals surface area contributed by atoms with Gasteiger partial charge in [-0.15, -0.1) is 0 Å². The molecule has 0 amide bonds. The lowest BCUT2D eigenvalue weighted by atomic mass is 9.87. The molecule has 0 aromatic rings. The Labute approximate surface area is 126 Å². The zero-order valence-corrected chi connectivity index (χ0v) is 13.9. The van der Waals surface area contributed by atoms with Crippen molar-refractivity contribution in [2.24, 2.45) is 11.8 Å². The molecule has 0 aromatic carbocycles. The Balaban J connectivity index is 1.75. The van der Waals surface area contributed by atoms with Crippen molar-refractivity contribution in [2.75, 3.05) is 26.2 Å². The summed E-state index contributed by atoms with van der Waals surface area (Å²) in [5, 5.41) is 3.93. The molecule has 1 saturated heterocycles. The molecule has 0 spiro atoms. The Morgan fingerprint density at radius 2 is 1.75 bits per heavy atom. The predicted octanol–water partition coefficient (Wildman–Crippen LogP) is 4.06. The molecule has 1 aliphatic heterocycles. The van der Waals surface area contributed by atoms with Crippen LogP contribution in [0, 0.1) is 11.8 Å². The monoisotopic (exact) mass is 280 g/mol. The molecular formula is C18H36N2. The van der Waals surface area contributed by atoms with Crippen LogP contribution in [0.3, 0.4) is 0 Å². The molecule has 2 unspecified atom stereocenters. The molecule has 20 heavy (non-hydrogen) atoms. The molecule has 0 bridgehead atoms. The second-order valence-corrected chi connectivity index (χ2v) is 7.26. The highest BCUT2D eigenvalue weighted by Gasteiger charge is 2.26. The van der Waals surface area contributed by atoms with Gasteiger partial charge in [-0.25, -0.2) is 0 Å². The van der Waals surface area contributed by atoms with Gasteiger partial charge < -0.3 is 10.2 Å². The van der Waals surface area contributed by atoms with Crippen molar-refractivity contribution in [1.82, 2.24) is 10.2 Å². The highest BCUT2D eigenvalue weighted by molar-refractivity contribution is 4.84. The molecule has 1 aliphatic carbocycles. The number of likely N-dealkylation sites (tertiary alicyclic amines) is 1. The van der Waals surface area contributed by atoms with Crippen LogP contribution in [0.25, 0.3) is 0 Å². The molecule has 0 aromatic heterocycles. The summed E-state index contributed by atoms with van der Waals surface area (Å²) in [6, 6.07) is 0.758. The van der Waals surface area contributed by atoms with E-state index < -0.39 is 0 Å². The summed E-state index contributed by atoms with van der Waals surface area (Å²) in [7, 11) is 0. The third-order valence-electron chi connectivity index (χ3n) is 5.27. The maximum Gasteiger partial charge on any atom is 0.0198 e. The fourth-order valence-corrected chi connectivity index (χ4v) is 4.29. The standard InChI is InChI=1S/C18H36N2/c1-3-8-17-12-18(15-20(14-17)11-4-2)19-13-16-9-6-5-7-10-16/h16-19H,3-15H2,1-2H3. The molecule has 2 heteroatoms. The van der Waals surface area contributed by atoms with Gasteiger partial charge >= 0.3 is 0 Å². The van der Waals surface area contributed by atoms with Crippen molar-refractivity contribution < 1.29 is 0 Å². The molecule has 2 atom stereocenters. The van der Waals surface area contributed by atoms with Crippen LogP contribution in [0.2, 0.25) is 0 Å². The zero-order chi connectivity index (χ0) is 14.2. The van der Waals surface area contributed by atoms with Gasteiger partial charge in [-0.05, 0) is 57.0 Å². The first-order valence-electron chi connectivity index (χ1n) is 9.27. The molecule has 2 nitrogen and oxygen atoms in total. The molecular weight excluding hydrogens is 244 g/mol. The Morgan fingerprint density at radius 3 is 2.45 bits per heavy atom. The number of hydrogen-bond donors (Lipinski definition) is 1. The first kappa shape index (κ1) is 16.3. The summed E-state index contributed by atoms with van der Waals surface area (Å²) in [6.45, 7) is 9.87. The molecule has 0 radical (unpaired) electrons. The third-order valence-corrected chi connectivity index (χ3v) is 5.27. The lowest BCUT2D eigenvalue weighted by Gasteiger charge is -2.39. The minimum Gasteiger partial charge on any atom is -0.312 e. The van der Waals surface area contributed by atoms with Gasteiger partial charge in [0.25, 0.3) is 0 Å². The maximum absolute atomic E-state index is 3.93. The van der Waals surface area contributed by atoms with E-state index in [0.29, 0.717) is 0 Å². The van der Waals surface area contributed by atoms with Gasteiger partial charge in [0.2, 0.25) is 0 Å². The largest absolute Gasteiger partial charge is 0.312 e. The fourth-order valence-electron chi connectivity index (χ4n) is 4.29. The van der Waals surface area contributed by atoms with Gasteiger partial charge in [0, 0.05) is 19.1 Å². The van der Waals surface area contributed by atoms with E-state index in [1.807, 2.05) is 0 Å². The summed E-state index contributed by atoms with van der Waals surface area (Å²) in [5.74, 6) is 1.90. The smallest absolute Gasteiger partial charge is 0.0198 e. The van der Waals surface area contributed by atoms with Crippen LogP contribution < -0.4 is 5.32 Å². The SMILES string of the molecule is CCCC1CC(NCC2CCCCC2)CN(CCC)C1. The average molecular weight is 280 g/mol. The first-order valence-corrected chi connectivity index (χ1v) is 9.27. The van der Waals surface area contributed by atoms with E-state index in [2.05, 4.69) is 24.1 Å². The minimum atomic E-state index is 0.758. The molecule has 2 rings (SSSR count). The number of piperidine rings is 1. The number of nitrogens with zero attached hydrogens (tertiary/aromatic N) is 1. The predicted molar refractivity (Wildman–Crippen MR) is 88.1 cm³/mol. The number of hydrogen-bond acceptors (Lipinski definition) is 2. The quantitative estimate of drug-likeness (QED) is 0.756. The first-order chi connectivity index (χ1) is 9.81. The Bertz CT molecular complexity index is 234. The van der Waals surface area contributed by atoms with Crippen LogP contribution in [0.15, 0.2) is 0 Å². The number of nitrogens with one attached hydrogen (secondary N) is 1. The second-order valence-electron chi connectivity index (χ2n) is 7.26. The molecule has 1 heterocycles. The van der Waals surface area contributed by atoms with Gasteiger partial charge in [-0.1, -0.05) is 39.5 Å². The van der Waals surface area contributed by atoms with E-state index in [1.54, 1.807) is 0 Å². The van der Waals surface area contributed by atoms with Gasteiger partial charge in [-0.3, -0.25) is 0 Å². The van der Waals surface area contributed by atoms with Crippen LogP contribution in [0.5, 0.6) is 0 Å². The molecule has 2 fully saturated rings. The Hall–Kier alpha value is -0.0800. The summed E-state index contributed by atoms with van der Waals surface area (Å²) in [6.07, 6.45) is 12.8. The van der Waals surface area contributed by atoms with Crippen molar-refractivity contribution in [3.63, 3.8) is 0 Å². The van der Waals surface area contributed by atoms with E-state index in [-0.39, 0.29) is 0 Å². The van der Waals surface area contributed by atoms with Crippen LogP contribution in [0.1, 0.15) is 71.6 Å². The van der Waals surface area contributed by atoms with Crippen LogP contribution in [-0.4, -0.2) is 37.1 Å². The van der Waals surface area contributed by atoms with E-state index in [9.17, 15) is 0 Å². The molecule has 2 aliphatic rings. The van der Waals surface area contributed by atoms with E-state index in [0.717, 1.165) is 17.9 Å². The Morgan fingerprint density at radius 1 is 0.950 bits per heavy atom. The van der Waals surface area contributed by atoms with Crippen molar-refractivity contribution >= 4 is 0 Å². The van der Waals surface area contributed by atoms with Crippen molar-refractivity contribution in [1.29, 1.82) is 0 Å². The van der Waals surface area contributed by atoms with Gasteiger partial charge in [0.15, 0.2) is 0 Å². The van der Waals surface area contributed by atoms with Gasteiger partial charge in [0.1, 0.15) is 0 Å². The lowest BCUT2D eigenvalue weighted by molar-refractivity contribution is 0.131. The molecule has 1 saturated carbocycles.